The molecule has 0 aliphatic heterocycles. The molecule has 2 heterocycles. The zero-order valence-electron chi connectivity index (χ0n) is 14.8. The second-order valence-corrected chi connectivity index (χ2v) is 6.15. The van der Waals surface area contributed by atoms with Gasteiger partial charge in [-0.2, -0.15) is 10.1 Å². The SMILES string of the molecule is CCc1cc(Nc2nc(NCc3ccc(F)cc3)nc3ccccc23)n[nH]1. The number of rotatable bonds is 6. The Bertz CT molecular complexity index is 1060. The van der Waals surface area contributed by atoms with Gasteiger partial charge in [0.25, 0.3) is 0 Å². The molecule has 0 atom stereocenters. The molecule has 27 heavy (non-hydrogen) atoms. The Balaban J connectivity index is 1.62. The lowest BCUT2D eigenvalue weighted by Gasteiger charge is -2.10. The van der Waals surface area contributed by atoms with E-state index in [1.54, 1.807) is 12.1 Å². The van der Waals surface area contributed by atoms with Gasteiger partial charge in [-0.25, -0.2) is 9.37 Å². The first-order chi connectivity index (χ1) is 13.2. The van der Waals surface area contributed by atoms with Crippen LogP contribution in [-0.2, 0) is 13.0 Å². The Kier molecular flexibility index (Phi) is 4.65. The van der Waals surface area contributed by atoms with Gasteiger partial charge in [-0.05, 0) is 36.2 Å². The number of fused-ring (bicyclic) bond motifs is 1. The normalized spacial score (nSPS) is 10.9. The van der Waals surface area contributed by atoms with Crippen LogP contribution in [0.3, 0.4) is 0 Å². The van der Waals surface area contributed by atoms with E-state index in [1.165, 1.54) is 12.1 Å². The van der Waals surface area contributed by atoms with Gasteiger partial charge in [-0.15, -0.1) is 0 Å². The van der Waals surface area contributed by atoms with Crippen LogP contribution in [-0.4, -0.2) is 20.2 Å². The highest BCUT2D eigenvalue weighted by Crippen LogP contribution is 2.25. The molecule has 4 rings (SSSR count). The van der Waals surface area contributed by atoms with Crippen LogP contribution in [0.15, 0.2) is 54.6 Å². The van der Waals surface area contributed by atoms with Crippen LogP contribution in [0, 0.1) is 5.82 Å². The third kappa shape index (κ3) is 3.87. The molecule has 2 aromatic heterocycles. The summed E-state index contributed by atoms with van der Waals surface area (Å²) in [4.78, 5) is 9.17. The number of aryl methyl sites for hydroxylation is 1. The molecule has 0 amide bonds. The van der Waals surface area contributed by atoms with Crippen LogP contribution >= 0.6 is 0 Å². The number of hydrogen-bond donors (Lipinski definition) is 3. The van der Waals surface area contributed by atoms with Crippen molar-refractivity contribution >= 4 is 28.5 Å². The predicted molar refractivity (Wildman–Crippen MR) is 105 cm³/mol. The summed E-state index contributed by atoms with van der Waals surface area (Å²) in [5, 5.41) is 14.6. The molecule has 4 aromatic rings. The highest BCUT2D eigenvalue weighted by atomic mass is 19.1. The van der Waals surface area contributed by atoms with Gasteiger partial charge in [-0.3, -0.25) is 5.10 Å². The van der Waals surface area contributed by atoms with Crippen LogP contribution in [0.5, 0.6) is 0 Å². The monoisotopic (exact) mass is 362 g/mol. The molecule has 0 unspecified atom stereocenters. The van der Waals surface area contributed by atoms with Gasteiger partial charge < -0.3 is 10.6 Å². The van der Waals surface area contributed by atoms with E-state index in [9.17, 15) is 4.39 Å². The number of nitrogens with zero attached hydrogens (tertiary/aromatic N) is 3. The number of aromatic nitrogens is 4. The summed E-state index contributed by atoms with van der Waals surface area (Å²) in [5.74, 6) is 1.63. The maximum Gasteiger partial charge on any atom is 0.225 e. The van der Waals surface area contributed by atoms with Crippen molar-refractivity contribution < 1.29 is 4.39 Å². The second kappa shape index (κ2) is 7.41. The van der Waals surface area contributed by atoms with Crippen molar-refractivity contribution in [1.29, 1.82) is 0 Å². The van der Waals surface area contributed by atoms with Gasteiger partial charge in [0.1, 0.15) is 11.6 Å². The summed E-state index contributed by atoms with van der Waals surface area (Å²) < 4.78 is 13.0. The van der Waals surface area contributed by atoms with Gasteiger partial charge in [0.2, 0.25) is 5.95 Å². The summed E-state index contributed by atoms with van der Waals surface area (Å²) >= 11 is 0. The van der Waals surface area contributed by atoms with Gasteiger partial charge >= 0.3 is 0 Å². The van der Waals surface area contributed by atoms with Gasteiger partial charge in [0.15, 0.2) is 5.82 Å². The molecule has 0 radical (unpaired) electrons. The number of benzene rings is 2. The molecule has 0 saturated heterocycles. The lowest BCUT2D eigenvalue weighted by atomic mass is 10.2. The lowest BCUT2D eigenvalue weighted by molar-refractivity contribution is 0.627. The molecule has 2 aromatic carbocycles. The molecular formula is C20H19FN6. The quantitative estimate of drug-likeness (QED) is 0.473. The summed E-state index contributed by atoms with van der Waals surface area (Å²) in [6.07, 6.45) is 0.879. The smallest absolute Gasteiger partial charge is 0.225 e. The van der Waals surface area contributed by atoms with Crippen molar-refractivity contribution in [3.63, 3.8) is 0 Å². The summed E-state index contributed by atoms with van der Waals surface area (Å²) in [5.41, 5.74) is 2.82. The van der Waals surface area contributed by atoms with Crippen molar-refractivity contribution in [2.75, 3.05) is 10.6 Å². The highest BCUT2D eigenvalue weighted by Gasteiger charge is 2.09. The second-order valence-electron chi connectivity index (χ2n) is 6.15. The van der Waals surface area contributed by atoms with Crippen molar-refractivity contribution in [3.8, 4) is 0 Å². The van der Waals surface area contributed by atoms with Crippen molar-refractivity contribution in [3.05, 3.63) is 71.7 Å². The van der Waals surface area contributed by atoms with E-state index in [4.69, 9.17) is 0 Å². The topological polar surface area (TPSA) is 78.5 Å². The first-order valence-electron chi connectivity index (χ1n) is 8.77. The zero-order chi connectivity index (χ0) is 18.6. The Morgan fingerprint density at radius 3 is 2.63 bits per heavy atom. The molecule has 0 aliphatic carbocycles. The van der Waals surface area contributed by atoms with E-state index in [0.29, 0.717) is 24.1 Å². The summed E-state index contributed by atoms with van der Waals surface area (Å²) in [7, 11) is 0. The fourth-order valence-electron chi connectivity index (χ4n) is 2.76. The van der Waals surface area contributed by atoms with Crippen molar-refractivity contribution in [2.24, 2.45) is 0 Å². The predicted octanol–water partition coefficient (Wildman–Crippen LogP) is 4.41. The van der Waals surface area contributed by atoms with Gasteiger partial charge in [0, 0.05) is 23.7 Å². The number of hydrogen-bond acceptors (Lipinski definition) is 5. The van der Waals surface area contributed by atoms with E-state index in [0.717, 1.165) is 28.6 Å². The van der Waals surface area contributed by atoms with Crippen LogP contribution in [0.25, 0.3) is 10.9 Å². The fourth-order valence-corrected chi connectivity index (χ4v) is 2.76. The molecule has 0 saturated carbocycles. The molecule has 0 bridgehead atoms. The van der Waals surface area contributed by atoms with Crippen molar-refractivity contribution in [2.45, 2.75) is 19.9 Å². The third-order valence-electron chi connectivity index (χ3n) is 4.23. The van der Waals surface area contributed by atoms with E-state index in [2.05, 4.69) is 37.7 Å². The standard InChI is InChI=1S/C20H19FN6/c1-2-15-11-18(27-26-15)24-19-16-5-3-4-6-17(16)23-20(25-19)22-12-13-7-9-14(21)10-8-13/h3-11H,2,12H2,1H3,(H3,22,23,24,25,26,27). The Labute approximate surface area is 155 Å². The van der Waals surface area contributed by atoms with E-state index in [-0.39, 0.29) is 5.82 Å². The first kappa shape index (κ1) is 17.0. The number of para-hydroxylation sites is 1. The molecule has 0 aliphatic rings. The van der Waals surface area contributed by atoms with Crippen molar-refractivity contribution in [1.82, 2.24) is 20.2 Å². The lowest BCUT2D eigenvalue weighted by Crippen LogP contribution is -2.06. The van der Waals surface area contributed by atoms with E-state index < -0.39 is 0 Å². The number of H-pyrrole nitrogens is 1. The minimum atomic E-state index is -0.252. The average Bonchev–Trinajstić information content (AvgIpc) is 3.15. The van der Waals surface area contributed by atoms with E-state index in [1.807, 2.05) is 30.3 Å². The molecule has 6 nitrogen and oxygen atoms in total. The molecule has 3 N–H and O–H groups in total. The van der Waals surface area contributed by atoms with Crippen LogP contribution in [0.4, 0.5) is 22.0 Å². The molecule has 136 valence electrons. The van der Waals surface area contributed by atoms with Crippen LogP contribution < -0.4 is 10.6 Å². The average molecular weight is 362 g/mol. The Morgan fingerprint density at radius 1 is 1.04 bits per heavy atom. The maximum absolute atomic E-state index is 13.0. The Morgan fingerprint density at radius 2 is 1.85 bits per heavy atom. The highest BCUT2D eigenvalue weighted by molar-refractivity contribution is 5.91. The molecular weight excluding hydrogens is 343 g/mol. The summed E-state index contributed by atoms with van der Waals surface area (Å²) in [6, 6.07) is 16.1. The van der Waals surface area contributed by atoms with E-state index >= 15 is 0 Å². The molecule has 0 spiro atoms. The zero-order valence-corrected chi connectivity index (χ0v) is 14.8. The minimum Gasteiger partial charge on any atom is -0.350 e. The van der Waals surface area contributed by atoms with Crippen LogP contribution in [0.1, 0.15) is 18.2 Å². The Hall–Kier alpha value is -3.48. The fraction of sp³-hybridized carbons (Fsp3) is 0.150. The largest absolute Gasteiger partial charge is 0.350 e. The van der Waals surface area contributed by atoms with Gasteiger partial charge in [-0.1, -0.05) is 31.2 Å². The third-order valence-corrected chi connectivity index (χ3v) is 4.23. The number of nitrogens with one attached hydrogen (secondary N) is 3. The van der Waals surface area contributed by atoms with Gasteiger partial charge in [0.05, 0.1) is 5.52 Å². The minimum absolute atomic E-state index is 0.252. The van der Waals surface area contributed by atoms with Crippen LogP contribution in [0.2, 0.25) is 0 Å². The first-order valence-corrected chi connectivity index (χ1v) is 8.77. The number of anilines is 3. The molecule has 0 fully saturated rings. The number of halogens is 1. The maximum atomic E-state index is 13.0. The summed E-state index contributed by atoms with van der Waals surface area (Å²) in [6.45, 7) is 2.56. The molecule has 7 heteroatoms. The number of aromatic amines is 1.